The Morgan fingerprint density at radius 2 is 2.04 bits per heavy atom. The topological polar surface area (TPSA) is 75.2 Å². The summed E-state index contributed by atoms with van der Waals surface area (Å²) >= 11 is 1.77. The Morgan fingerprint density at radius 3 is 2.69 bits per heavy atom. The molecule has 0 radical (unpaired) electrons. The quantitative estimate of drug-likeness (QED) is 0.390. The fourth-order valence-corrected chi connectivity index (χ4v) is 3.43. The van der Waals surface area contributed by atoms with Crippen LogP contribution in [0.1, 0.15) is 32.6 Å². The zero-order chi connectivity index (χ0) is 19.0. The molecule has 0 bridgehead atoms. The van der Waals surface area contributed by atoms with Gasteiger partial charge in [-0.3, -0.25) is 4.79 Å². The van der Waals surface area contributed by atoms with E-state index in [4.69, 9.17) is 9.47 Å². The van der Waals surface area contributed by atoms with Crippen molar-refractivity contribution in [2.75, 3.05) is 52.3 Å². The standard InChI is InChI=1S/C18H34N4O3S/c1-14-5-7-18(8-6-14)24-13-15(25-18)11-20-17(19-9-10-26-4)21-12-16(23)22(2)3/h14-15H,5-13H2,1-4H3,(H2,19,20,21). The van der Waals surface area contributed by atoms with Crippen LogP contribution in [-0.4, -0.2) is 81.0 Å². The summed E-state index contributed by atoms with van der Waals surface area (Å²) in [4.78, 5) is 17.7. The predicted molar refractivity (Wildman–Crippen MR) is 107 cm³/mol. The molecule has 0 aromatic heterocycles. The summed E-state index contributed by atoms with van der Waals surface area (Å²) in [5.41, 5.74) is 0. The second kappa shape index (κ2) is 10.4. The van der Waals surface area contributed by atoms with Crippen LogP contribution in [0.2, 0.25) is 0 Å². The number of nitrogens with one attached hydrogen (secondary N) is 2. The van der Waals surface area contributed by atoms with Gasteiger partial charge in [-0.2, -0.15) is 11.8 Å². The van der Waals surface area contributed by atoms with Crippen LogP contribution in [0.3, 0.4) is 0 Å². The van der Waals surface area contributed by atoms with Gasteiger partial charge in [-0.05, 0) is 25.0 Å². The first-order valence-electron chi connectivity index (χ1n) is 9.47. The van der Waals surface area contributed by atoms with E-state index in [2.05, 4.69) is 28.8 Å². The SMILES string of the molecule is CSCCNC(=NCC(=O)N(C)C)NCC1COC2(CCC(C)CC2)O1. The fourth-order valence-electron chi connectivity index (χ4n) is 3.13. The molecule has 1 heterocycles. The van der Waals surface area contributed by atoms with Gasteiger partial charge in [0.1, 0.15) is 12.6 Å². The van der Waals surface area contributed by atoms with Crippen molar-refractivity contribution in [1.29, 1.82) is 0 Å². The van der Waals surface area contributed by atoms with Gasteiger partial charge < -0.3 is 25.0 Å². The van der Waals surface area contributed by atoms with Crippen LogP contribution in [0.25, 0.3) is 0 Å². The van der Waals surface area contributed by atoms with Crippen molar-refractivity contribution in [2.24, 2.45) is 10.9 Å². The van der Waals surface area contributed by atoms with E-state index in [1.165, 1.54) is 0 Å². The van der Waals surface area contributed by atoms with E-state index in [0.29, 0.717) is 19.1 Å². The maximum absolute atomic E-state index is 11.8. The van der Waals surface area contributed by atoms with Gasteiger partial charge in [0.15, 0.2) is 11.7 Å². The van der Waals surface area contributed by atoms with Crippen molar-refractivity contribution in [3.05, 3.63) is 0 Å². The second-order valence-electron chi connectivity index (χ2n) is 7.40. The number of aliphatic imine (C=N–C) groups is 1. The lowest BCUT2D eigenvalue weighted by Gasteiger charge is -2.34. The third-order valence-corrected chi connectivity index (χ3v) is 5.53. The molecular formula is C18H34N4O3S. The second-order valence-corrected chi connectivity index (χ2v) is 8.38. The molecule has 1 saturated carbocycles. The zero-order valence-corrected chi connectivity index (χ0v) is 17.4. The molecule has 1 aliphatic carbocycles. The van der Waals surface area contributed by atoms with E-state index in [9.17, 15) is 4.79 Å². The van der Waals surface area contributed by atoms with Crippen LogP contribution in [0, 0.1) is 5.92 Å². The molecule has 2 fully saturated rings. The number of thioether (sulfide) groups is 1. The van der Waals surface area contributed by atoms with Crippen LogP contribution in [0.5, 0.6) is 0 Å². The van der Waals surface area contributed by atoms with Crippen LogP contribution < -0.4 is 10.6 Å². The molecule has 1 atom stereocenters. The number of rotatable bonds is 7. The number of amides is 1. The molecule has 26 heavy (non-hydrogen) atoms. The molecule has 150 valence electrons. The number of nitrogens with zero attached hydrogens (tertiary/aromatic N) is 2. The average molecular weight is 387 g/mol. The van der Waals surface area contributed by atoms with Crippen molar-refractivity contribution < 1.29 is 14.3 Å². The average Bonchev–Trinajstić information content (AvgIpc) is 3.02. The lowest BCUT2D eigenvalue weighted by atomic mass is 9.86. The number of likely N-dealkylation sites (N-methyl/N-ethyl adjacent to an activating group) is 1. The first-order valence-corrected chi connectivity index (χ1v) is 10.9. The molecule has 2 rings (SSSR count). The first kappa shape index (κ1) is 21.3. The maximum Gasteiger partial charge on any atom is 0.243 e. The predicted octanol–water partition coefficient (Wildman–Crippen LogP) is 1.29. The molecule has 8 heteroatoms. The number of ether oxygens (including phenoxy) is 2. The van der Waals surface area contributed by atoms with Gasteiger partial charge >= 0.3 is 0 Å². The Balaban J connectivity index is 1.82. The van der Waals surface area contributed by atoms with E-state index in [0.717, 1.165) is 43.9 Å². The van der Waals surface area contributed by atoms with Crippen LogP contribution in [-0.2, 0) is 14.3 Å². The first-order chi connectivity index (χ1) is 12.4. The summed E-state index contributed by atoms with van der Waals surface area (Å²) in [7, 11) is 3.47. The minimum absolute atomic E-state index is 0.0144. The minimum Gasteiger partial charge on any atom is -0.356 e. The van der Waals surface area contributed by atoms with Crippen molar-refractivity contribution >= 4 is 23.6 Å². The van der Waals surface area contributed by atoms with E-state index < -0.39 is 0 Å². The smallest absolute Gasteiger partial charge is 0.243 e. The molecule has 1 saturated heterocycles. The highest BCUT2D eigenvalue weighted by atomic mass is 32.2. The highest BCUT2D eigenvalue weighted by Gasteiger charge is 2.43. The third kappa shape index (κ3) is 6.63. The van der Waals surface area contributed by atoms with Crippen molar-refractivity contribution in [3.8, 4) is 0 Å². The monoisotopic (exact) mass is 386 g/mol. The summed E-state index contributed by atoms with van der Waals surface area (Å²) in [6, 6.07) is 0. The number of hydrogen-bond acceptors (Lipinski definition) is 5. The molecule has 7 nitrogen and oxygen atoms in total. The lowest BCUT2D eigenvalue weighted by molar-refractivity contribution is -0.191. The molecule has 1 unspecified atom stereocenters. The Kier molecular flexibility index (Phi) is 8.50. The molecule has 2 aliphatic rings. The summed E-state index contributed by atoms with van der Waals surface area (Å²) in [6.45, 7) is 4.45. The largest absolute Gasteiger partial charge is 0.356 e. The number of carbonyl (C=O) groups excluding carboxylic acids is 1. The Labute approximate surface area is 161 Å². The summed E-state index contributed by atoms with van der Waals surface area (Å²) in [5, 5.41) is 6.57. The van der Waals surface area contributed by atoms with Gasteiger partial charge in [0.05, 0.1) is 6.61 Å². The Bertz CT molecular complexity index is 479. The normalized spacial score (nSPS) is 29.0. The third-order valence-electron chi connectivity index (χ3n) is 4.92. The molecular weight excluding hydrogens is 352 g/mol. The Morgan fingerprint density at radius 1 is 1.31 bits per heavy atom. The van der Waals surface area contributed by atoms with E-state index in [-0.39, 0.29) is 24.3 Å². The van der Waals surface area contributed by atoms with Gasteiger partial charge in [-0.15, -0.1) is 0 Å². The lowest BCUT2D eigenvalue weighted by Crippen LogP contribution is -2.44. The molecule has 1 aliphatic heterocycles. The van der Waals surface area contributed by atoms with Crippen molar-refractivity contribution in [3.63, 3.8) is 0 Å². The maximum atomic E-state index is 11.8. The fraction of sp³-hybridized carbons (Fsp3) is 0.889. The van der Waals surface area contributed by atoms with Gasteiger partial charge in [0, 0.05) is 45.8 Å². The van der Waals surface area contributed by atoms with Crippen LogP contribution in [0.15, 0.2) is 4.99 Å². The van der Waals surface area contributed by atoms with Gasteiger partial charge in [-0.1, -0.05) is 6.92 Å². The zero-order valence-electron chi connectivity index (χ0n) is 16.5. The Hall–Kier alpha value is -0.990. The summed E-state index contributed by atoms with van der Waals surface area (Å²) in [6.07, 6.45) is 6.37. The van der Waals surface area contributed by atoms with Crippen molar-refractivity contribution in [2.45, 2.75) is 44.5 Å². The molecule has 1 spiro atoms. The summed E-state index contributed by atoms with van der Waals surface area (Å²) < 4.78 is 12.2. The molecule has 2 N–H and O–H groups in total. The van der Waals surface area contributed by atoms with Crippen molar-refractivity contribution in [1.82, 2.24) is 15.5 Å². The minimum atomic E-state index is -0.372. The molecule has 1 amide bonds. The van der Waals surface area contributed by atoms with Gasteiger partial charge in [0.2, 0.25) is 5.91 Å². The van der Waals surface area contributed by atoms with E-state index in [1.807, 2.05) is 0 Å². The van der Waals surface area contributed by atoms with Gasteiger partial charge in [0.25, 0.3) is 0 Å². The van der Waals surface area contributed by atoms with Crippen LogP contribution in [0.4, 0.5) is 0 Å². The molecule has 0 aromatic rings. The highest BCUT2D eigenvalue weighted by Crippen LogP contribution is 2.39. The van der Waals surface area contributed by atoms with Gasteiger partial charge in [-0.25, -0.2) is 4.99 Å². The number of guanidine groups is 1. The van der Waals surface area contributed by atoms with E-state index >= 15 is 0 Å². The molecule has 0 aromatic carbocycles. The summed E-state index contributed by atoms with van der Waals surface area (Å²) in [5.74, 6) is 2.00. The van der Waals surface area contributed by atoms with E-state index in [1.54, 1.807) is 30.8 Å². The number of hydrogen-bond donors (Lipinski definition) is 2. The van der Waals surface area contributed by atoms with Crippen LogP contribution >= 0.6 is 11.8 Å². The highest BCUT2D eigenvalue weighted by molar-refractivity contribution is 7.98. The number of carbonyl (C=O) groups is 1.